The smallest absolute Gasteiger partial charge is 0.257 e. The minimum Gasteiger partial charge on any atom is -0.497 e. The third-order valence-electron chi connectivity index (χ3n) is 7.70. The number of amides is 1. The molecule has 1 unspecified atom stereocenters. The van der Waals surface area contributed by atoms with Gasteiger partial charge in [-0.2, -0.15) is 5.10 Å². The number of fused-ring (bicyclic) bond motifs is 3. The first-order chi connectivity index (χ1) is 19.8. The Balaban J connectivity index is 1.47. The van der Waals surface area contributed by atoms with E-state index in [1.54, 1.807) is 30.2 Å². The summed E-state index contributed by atoms with van der Waals surface area (Å²) in [5.41, 5.74) is 5.67. The van der Waals surface area contributed by atoms with Crippen LogP contribution in [0.4, 0.5) is 0 Å². The predicted molar refractivity (Wildman–Crippen MR) is 163 cm³/mol. The lowest BCUT2D eigenvalue weighted by Gasteiger charge is -2.35. The van der Waals surface area contributed by atoms with Crippen molar-refractivity contribution in [3.05, 3.63) is 132 Å². The second kappa shape index (κ2) is 11.2. The molecule has 1 aliphatic rings. The molecule has 1 aliphatic heterocycles. The summed E-state index contributed by atoms with van der Waals surface area (Å²) in [5.74, 6) is 0.626. The number of nitrogens with zero attached hydrogens (tertiary/aromatic N) is 4. The topological polar surface area (TPSA) is 68.8 Å². The van der Waals surface area contributed by atoms with E-state index in [4.69, 9.17) is 21.4 Å². The average Bonchev–Trinajstić information content (AvgIpc) is 3.40. The van der Waals surface area contributed by atoms with Crippen molar-refractivity contribution in [2.24, 2.45) is 0 Å². The third kappa shape index (κ3) is 5.18. The summed E-state index contributed by atoms with van der Waals surface area (Å²) in [7, 11) is 1.63. The molecule has 1 atom stereocenters. The van der Waals surface area contributed by atoms with Crippen molar-refractivity contribution >= 4 is 39.1 Å². The van der Waals surface area contributed by atoms with Crippen molar-refractivity contribution in [3.8, 4) is 5.75 Å². The zero-order valence-corrected chi connectivity index (χ0v) is 25.0. The molecule has 0 bridgehead atoms. The molecule has 0 aliphatic carbocycles. The molecular weight excluding hydrogens is 604 g/mol. The fraction of sp³-hybridized carbons (Fsp3) is 0.219. The number of hydrogen-bond acceptors (Lipinski definition) is 4. The molecule has 7 nitrogen and oxygen atoms in total. The second-order valence-electron chi connectivity index (χ2n) is 10.3. The Labute approximate surface area is 251 Å². The molecule has 0 radical (unpaired) electrons. The summed E-state index contributed by atoms with van der Waals surface area (Å²) in [6, 6.07) is 22.9. The molecule has 2 aromatic heterocycles. The first-order valence-corrected chi connectivity index (χ1v) is 14.5. The van der Waals surface area contributed by atoms with Crippen molar-refractivity contribution in [1.82, 2.24) is 19.1 Å². The minimum absolute atomic E-state index is 0.0521. The van der Waals surface area contributed by atoms with Gasteiger partial charge in [-0.25, -0.2) is 4.52 Å². The van der Waals surface area contributed by atoms with E-state index in [1.165, 1.54) is 0 Å². The Morgan fingerprint density at radius 1 is 1.07 bits per heavy atom. The van der Waals surface area contributed by atoms with Crippen LogP contribution in [0.15, 0.2) is 88.3 Å². The van der Waals surface area contributed by atoms with Gasteiger partial charge < -0.3 is 9.64 Å². The third-order valence-corrected chi connectivity index (χ3v) is 8.93. The fourth-order valence-electron chi connectivity index (χ4n) is 5.53. The molecule has 0 saturated carbocycles. The molecule has 0 fully saturated rings. The fourth-order valence-corrected chi connectivity index (χ4v) is 5.96. The maximum atomic E-state index is 14.2. The lowest BCUT2D eigenvalue weighted by molar-refractivity contribution is 0.0651. The number of methoxy groups -OCH3 is 1. The van der Waals surface area contributed by atoms with Crippen LogP contribution in [-0.4, -0.2) is 38.1 Å². The Morgan fingerprint density at radius 2 is 1.83 bits per heavy atom. The zero-order valence-electron chi connectivity index (χ0n) is 22.7. The van der Waals surface area contributed by atoms with Crippen LogP contribution in [0, 0.1) is 0 Å². The molecule has 0 N–H and O–H groups in total. The summed E-state index contributed by atoms with van der Waals surface area (Å²) in [4.78, 5) is 29.6. The molecule has 3 aromatic carbocycles. The highest BCUT2D eigenvalue weighted by molar-refractivity contribution is 9.10. The number of benzene rings is 3. The van der Waals surface area contributed by atoms with Gasteiger partial charge in [0.25, 0.3) is 11.5 Å². The van der Waals surface area contributed by atoms with Crippen molar-refractivity contribution in [2.45, 2.75) is 38.9 Å². The van der Waals surface area contributed by atoms with Gasteiger partial charge in [-0.3, -0.25) is 14.2 Å². The molecule has 0 spiro atoms. The van der Waals surface area contributed by atoms with Gasteiger partial charge in [0.05, 0.1) is 37.1 Å². The molecule has 0 saturated heterocycles. The molecule has 41 heavy (non-hydrogen) atoms. The largest absolute Gasteiger partial charge is 0.497 e. The quantitative estimate of drug-likeness (QED) is 0.226. The molecule has 9 heteroatoms. The number of rotatable bonds is 6. The van der Waals surface area contributed by atoms with Gasteiger partial charge >= 0.3 is 0 Å². The van der Waals surface area contributed by atoms with E-state index in [0.717, 1.165) is 38.3 Å². The number of carbonyl (C=O) groups excluding carboxylic acids is 1. The van der Waals surface area contributed by atoms with Crippen LogP contribution in [0.5, 0.6) is 5.75 Å². The van der Waals surface area contributed by atoms with Crippen molar-refractivity contribution in [3.63, 3.8) is 0 Å². The van der Waals surface area contributed by atoms with E-state index in [0.29, 0.717) is 35.5 Å². The van der Waals surface area contributed by atoms with E-state index in [9.17, 15) is 9.59 Å². The first kappa shape index (κ1) is 27.3. The van der Waals surface area contributed by atoms with Gasteiger partial charge in [0, 0.05) is 33.6 Å². The summed E-state index contributed by atoms with van der Waals surface area (Å²) < 4.78 is 9.74. The molecule has 1 amide bonds. The summed E-state index contributed by atoms with van der Waals surface area (Å²) in [5, 5.41) is 5.26. The summed E-state index contributed by atoms with van der Waals surface area (Å²) in [6.07, 6.45) is 2.89. The average molecular weight is 632 g/mol. The molecule has 3 heterocycles. The maximum absolute atomic E-state index is 14.2. The Hall–Kier alpha value is -3.88. The Bertz CT molecular complexity index is 1820. The zero-order chi connectivity index (χ0) is 28.7. The van der Waals surface area contributed by atoms with Crippen LogP contribution in [0.2, 0.25) is 5.02 Å². The number of hydrogen-bond donors (Lipinski definition) is 0. The first-order valence-electron chi connectivity index (χ1n) is 13.4. The van der Waals surface area contributed by atoms with E-state index in [2.05, 4.69) is 28.1 Å². The van der Waals surface area contributed by atoms with E-state index in [-0.39, 0.29) is 24.1 Å². The van der Waals surface area contributed by atoms with Gasteiger partial charge in [0.1, 0.15) is 11.4 Å². The highest BCUT2D eigenvalue weighted by Gasteiger charge is 2.33. The van der Waals surface area contributed by atoms with E-state index >= 15 is 0 Å². The highest BCUT2D eigenvalue weighted by atomic mass is 79.9. The van der Waals surface area contributed by atoms with Crippen LogP contribution >= 0.6 is 27.5 Å². The van der Waals surface area contributed by atoms with Crippen molar-refractivity contribution in [1.29, 1.82) is 0 Å². The van der Waals surface area contributed by atoms with E-state index in [1.807, 2.05) is 64.7 Å². The molecule has 208 valence electrons. The van der Waals surface area contributed by atoms with Crippen molar-refractivity contribution in [2.75, 3.05) is 7.11 Å². The standard InChI is InChI=1S/C32H28BrClN4O3/c1-20-14-26-29(19-36(20)31(39)23-10-13-27(33)28(34)16-23)38-30(24(17-35-38)15-21-6-4-3-5-7-21)37(32(26)40)18-22-8-11-25(41-2)12-9-22/h3-13,16-17,20H,14-15,18-19H2,1-2H3. The van der Waals surface area contributed by atoms with Gasteiger partial charge in [0.2, 0.25) is 0 Å². The monoisotopic (exact) mass is 630 g/mol. The summed E-state index contributed by atoms with van der Waals surface area (Å²) >= 11 is 9.70. The number of ether oxygens (including phenoxy) is 1. The Kier molecular flexibility index (Phi) is 7.45. The van der Waals surface area contributed by atoms with Crippen LogP contribution in [0.25, 0.3) is 5.65 Å². The Morgan fingerprint density at radius 3 is 2.54 bits per heavy atom. The second-order valence-corrected chi connectivity index (χ2v) is 11.6. The van der Waals surface area contributed by atoms with E-state index < -0.39 is 0 Å². The lowest BCUT2D eigenvalue weighted by Crippen LogP contribution is -2.46. The van der Waals surface area contributed by atoms with Crippen LogP contribution < -0.4 is 10.3 Å². The number of halogens is 2. The SMILES string of the molecule is COc1ccc(Cn2c(=O)c3c(n4ncc(Cc5ccccc5)c24)CN(C(=O)c2ccc(Br)c(Cl)c2)C(C)C3)cc1. The van der Waals surface area contributed by atoms with Gasteiger partial charge in [-0.05, 0) is 70.7 Å². The maximum Gasteiger partial charge on any atom is 0.257 e. The number of carbonyl (C=O) groups is 1. The highest BCUT2D eigenvalue weighted by Crippen LogP contribution is 2.29. The normalized spacial score (nSPS) is 14.7. The summed E-state index contributed by atoms with van der Waals surface area (Å²) in [6.45, 7) is 2.63. The van der Waals surface area contributed by atoms with Crippen molar-refractivity contribution < 1.29 is 9.53 Å². The molecular formula is C32H28BrClN4O3. The minimum atomic E-state index is -0.184. The molecule has 5 aromatic rings. The van der Waals surface area contributed by atoms with Crippen LogP contribution in [0.3, 0.4) is 0 Å². The van der Waals surface area contributed by atoms with Crippen LogP contribution in [0.1, 0.15) is 45.2 Å². The van der Waals surface area contributed by atoms with Gasteiger partial charge in [-0.1, -0.05) is 54.1 Å². The molecule has 6 rings (SSSR count). The lowest BCUT2D eigenvalue weighted by atomic mass is 9.98. The van der Waals surface area contributed by atoms with Gasteiger partial charge in [0.15, 0.2) is 0 Å². The number of aromatic nitrogens is 3. The predicted octanol–water partition coefficient (Wildman–Crippen LogP) is 6.15. The van der Waals surface area contributed by atoms with Crippen LogP contribution in [-0.2, 0) is 25.9 Å². The van der Waals surface area contributed by atoms with Gasteiger partial charge in [-0.15, -0.1) is 0 Å².